The van der Waals surface area contributed by atoms with E-state index in [1.165, 1.54) is 4.90 Å². The summed E-state index contributed by atoms with van der Waals surface area (Å²) in [4.78, 5) is 13.7. The fraction of sp³-hybridized carbons (Fsp3) is 0.562. The third kappa shape index (κ3) is 4.72. The van der Waals surface area contributed by atoms with Gasteiger partial charge in [0.15, 0.2) is 0 Å². The fourth-order valence-electron chi connectivity index (χ4n) is 1.90. The lowest BCUT2D eigenvalue weighted by atomic mass is 10.1. The van der Waals surface area contributed by atoms with Crippen LogP contribution in [0.3, 0.4) is 0 Å². The summed E-state index contributed by atoms with van der Waals surface area (Å²) in [6.07, 6.45) is 0. The highest BCUT2D eigenvalue weighted by atomic mass is 16.3. The van der Waals surface area contributed by atoms with Crippen LogP contribution in [0.4, 0.5) is 10.5 Å². The van der Waals surface area contributed by atoms with Gasteiger partial charge in [-0.05, 0) is 45.0 Å². The van der Waals surface area contributed by atoms with Crippen molar-refractivity contribution in [3.63, 3.8) is 0 Å². The second kappa shape index (κ2) is 7.43. The number of anilines is 1. The smallest absolute Gasteiger partial charge is 0.322 e. The third-order valence-corrected chi connectivity index (χ3v) is 3.75. The maximum atomic E-state index is 12.2. The molecular weight excluding hydrogens is 266 g/mol. The van der Waals surface area contributed by atoms with Crippen molar-refractivity contribution < 1.29 is 9.90 Å². The molecule has 1 aromatic carbocycles. The van der Waals surface area contributed by atoms with Crippen LogP contribution < -0.4 is 10.6 Å². The van der Waals surface area contributed by atoms with Crippen LogP contribution in [-0.4, -0.2) is 41.8 Å². The molecule has 1 rings (SSSR count). The predicted molar refractivity (Wildman–Crippen MR) is 86.5 cm³/mol. The molecule has 5 heteroatoms. The van der Waals surface area contributed by atoms with Crippen LogP contribution in [0.25, 0.3) is 0 Å². The number of rotatable bonds is 6. The topological polar surface area (TPSA) is 64.6 Å². The Balaban J connectivity index is 2.79. The molecule has 0 fully saturated rings. The highest BCUT2D eigenvalue weighted by Gasteiger charge is 2.26. The summed E-state index contributed by atoms with van der Waals surface area (Å²) in [6, 6.07) is 7.78. The van der Waals surface area contributed by atoms with Crippen LogP contribution in [0, 0.1) is 0 Å². The van der Waals surface area contributed by atoms with Crippen molar-refractivity contribution >= 4 is 11.7 Å². The van der Waals surface area contributed by atoms with Crippen LogP contribution in [-0.2, 0) is 0 Å². The first-order valence-electron chi connectivity index (χ1n) is 7.31. The minimum atomic E-state index is -0.598. The van der Waals surface area contributed by atoms with Gasteiger partial charge < -0.3 is 20.6 Å². The van der Waals surface area contributed by atoms with Gasteiger partial charge >= 0.3 is 6.03 Å². The van der Waals surface area contributed by atoms with Gasteiger partial charge in [0.25, 0.3) is 0 Å². The minimum Gasteiger partial charge on any atom is -0.394 e. The molecule has 0 bridgehead atoms. The lowest BCUT2D eigenvalue weighted by Gasteiger charge is -2.33. The fourth-order valence-corrected chi connectivity index (χ4v) is 1.90. The Morgan fingerprint density at radius 3 is 2.67 bits per heavy atom. The van der Waals surface area contributed by atoms with Crippen molar-refractivity contribution in [2.45, 2.75) is 39.3 Å². The van der Waals surface area contributed by atoms with Gasteiger partial charge in [-0.2, -0.15) is 0 Å². The number of aliphatic hydroxyl groups is 1. The number of likely N-dealkylation sites (N-methyl/N-ethyl adjacent to an activating group) is 1. The molecule has 118 valence electrons. The minimum absolute atomic E-state index is 0.0889. The molecule has 1 unspecified atom stereocenters. The molecule has 0 radical (unpaired) electrons. The average molecular weight is 293 g/mol. The summed E-state index contributed by atoms with van der Waals surface area (Å²) < 4.78 is 0. The zero-order chi connectivity index (χ0) is 16.0. The first-order chi connectivity index (χ1) is 9.81. The zero-order valence-electron chi connectivity index (χ0n) is 13.6. The predicted octanol–water partition coefficient (Wildman–Crippen LogP) is 2.59. The second-order valence-corrected chi connectivity index (χ2v) is 5.86. The van der Waals surface area contributed by atoms with E-state index in [0.717, 1.165) is 17.8 Å². The summed E-state index contributed by atoms with van der Waals surface area (Å²) in [7, 11) is 1.68. The van der Waals surface area contributed by atoms with E-state index >= 15 is 0 Å². The number of aliphatic hydroxyl groups excluding tert-OH is 1. The van der Waals surface area contributed by atoms with E-state index in [1.54, 1.807) is 7.05 Å². The van der Waals surface area contributed by atoms with Gasteiger partial charge in [0, 0.05) is 18.8 Å². The Kier molecular flexibility index (Phi) is 6.18. The van der Waals surface area contributed by atoms with Gasteiger partial charge in [-0.1, -0.05) is 19.1 Å². The number of urea groups is 1. The lowest BCUT2D eigenvalue weighted by Crippen LogP contribution is -2.49. The highest BCUT2D eigenvalue weighted by Crippen LogP contribution is 2.19. The molecule has 0 spiro atoms. The van der Waals surface area contributed by atoms with Crippen molar-refractivity contribution in [1.82, 2.24) is 10.2 Å². The molecule has 5 nitrogen and oxygen atoms in total. The van der Waals surface area contributed by atoms with Crippen LogP contribution in [0.15, 0.2) is 24.3 Å². The molecule has 0 aliphatic heterocycles. The second-order valence-electron chi connectivity index (χ2n) is 5.86. The Bertz CT molecular complexity index is 474. The molecule has 0 aliphatic carbocycles. The molecular formula is C16H27N3O2. The van der Waals surface area contributed by atoms with E-state index in [-0.39, 0.29) is 18.7 Å². The number of nitrogens with one attached hydrogen (secondary N) is 2. The molecule has 21 heavy (non-hydrogen) atoms. The van der Waals surface area contributed by atoms with Gasteiger partial charge in [-0.25, -0.2) is 4.79 Å². The summed E-state index contributed by atoms with van der Waals surface area (Å²) in [5, 5.41) is 15.5. The van der Waals surface area contributed by atoms with Crippen molar-refractivity contribution in [3.8, 4) is 0 Å². The average Bonchev–Trinajstić information content (AvgIpc) is 2.46. The van der Waals surface area contributed by atoms with E-state index in [2.05, 4.69) is 24.5 Å². The summed E-state index contributed by atoms with van der Waals surface area (Å²) >= 11 is 0. The number of benzene rings is 1. The normalized spacial score (nSPS) is 12.9. The quantitative estimate of drug-likeness (QED) is 0.755. The largest absolute Gasteiger partial charge is 0.394 e. The number of nitrogens with zero attached hydrogens (tertiary/aromatic N) is 1. The summed E-state index contributed by atoms with van der Waals surface area (Å²) in [5.74, 6) is 0. The van der Waals surface area contributed by atoms with Crippen molar-refractivity contribution in [1.29, 1.82) is 0 Å². The molecule has 3 N–H and O–H groups in total. The molecule has 0 heterocycles. The molecule has 2 amide bonds. The highest BCUT2D eigenvalue weighted by molar-refractivity contribution is 5.89. The first kappa shape index (κ1) is 17.5. The number of hydrogen-bond acceptors (Lipinski definition) is 3. The Hall–Kier alpha value is -1.59. The Morgan fingerprint density at radius 2 is 2.10 bits per heavy atom. The maximum absolute atomic E-state index is 12.2. The van der Waals surface area contributed by atoms with Gasteiger partial charge in [-0.3, -0.25) is 0 Å². The maximum Gasteiger partial charge on any atom is 0.322 e. The SMILES string of the molecule is CCNC(C)c1cccc(NC(=O)N(C)C(C)(C)CO)c1. The van der Waals surface area contributed by atoms with E-state index in [4.69, 9.17) is 0 Å². The summed E-state index contributed by atoms with van der Waals surface area (Å²) in [5.41, 5.74) is 1.28. The molecule has 0 aliphatic rings. The zero-order valence-corrected chi connectivity index (χ0v) is 13.6. The molecule has 0 saturated heterocycles. The summed E-state index contributed by atoms with van der Waals surface area (Å²) in [6.45, 7) is 8.59. The van der Waals surface area contributed by atoms with Crippen LogP contribution in [0.1, 0.15) is 39.3 Å². The lowest BCUT2D eigenvalue weighted by molar-refractivity contribution is 0.104. The van der Waals surface area contributed by atoms with E-state index in [1.807, 2.05) is 38.1 Å². The van der Waals surface area contributed by atoms with Crippen molar-refractivity contribution in [2.24, 2.45) is 0 Å². The monoisotopic (exact) mass is 293 g/mol. The Labute approximate surface area is 127 Å². The number of hydrogen-bond donors (Lipinski definition) is 3. The molecule has 0 saturated carbocycles. The van der Waals surface area contributed by atoms with Gasteiger partial charge in [0.05, 0.1) is 12.1 Å². The van der Waals surface area contributed by atoms with E-state index in [9.17, 15) is 9.90 Å². The van der Waals surface area contributed by atoms with Crippen molar-refractivity contribution in [3.05, 3.63) is 29.8 Å². The van der Waals surface area contributed by atoms with Gasteiger partial charge in [-0.15, -0.1) is 0 Å². The van der Waals surface area contributed by atoms with Crippen LogP contribution >= 0.6 is 0 Å². The number of carbonyl (C=O) groups excluding carboxylic acids is 1. The third-order valence-electron chi connectivity index (χ3n) is 3.75. The Morgan fingerprint density at radius 1 is 1.43 bits per heavy atom. The van der Waals surface area contributed by atoms with E-state index in [0.29, 0.717) is 0 Å². The first-order valence-corrected chi connectivity index (χ1v) is 7.31. The van der Waals surface area contributed by atoms with E-state index < -0.39 is 5.54 Å². The van der Waals surface area contributed by atoms with Gasteiger partial charge in [0.1, 0.15) is 0 Å². The van der Waals surface area contributed by atoms with Crippen LogP contribution in [0.2, 0.25) is 0 Å². The van der Waals surface area contributed by atoms with Crippen LogP contribution in [0.5, 0.6) is 0 Å². The van der Waals surface area contributed by atoms with Crippen molar-refractivity contribution in [2.75, 3.05) is 25.5 Å². The molecule has 1 aromatic rings. The van der Waals surface area contributed by atoms with Gasteiger partial charge in [0.2, 0.25) is 0 Å². The standard InChI is InChI=1S/C16H27N3O2/c1-6-17-12(2)13-8-7-9-14(10-13)18-15(21)19(5)16(3,4)11-20/h7-10,12,17,20H,6,11H2,1-5H3,(H,18,21). The molecule has 1 atom stereocenters. The number of carbonyl (C=O) groups is 1. The molecule has 0 aromatic heterocycles. The number of amides is 2.